The molecule has 0 fully saturated rings. The molecule has 0 saturated heterocycles. The molecule has 9 nitrogen and oxygen atoms in total. The number of benzene rings is 1. The van der Waals surface area contributed by atoms with Crippen LogP contribution >= 0.6 is 0 Å². The summed E-state index contributed by atoms with van der Waals surface area (Å²) in [6, 6.07) is 1.49. The molecule has 21 heavy (non-hydrogen) atoms. The van der Waals surface area contributed by atoms with Crippen LogP contribution in [0.1, 0.15) is 5.56 Å². The topological polar surface area (TPSA) is 154 Å². The molecule has 0 aliphatic carbocycles. The van der Waals surface area contributed by atoms with Crippen molar-refractivity contribution in [1.82, 2.24) is 0 Å². The summed E-state index contributed by atoms with van der Waals surface area (Å²) < 4.78 is 0. The Hall–Kier alpha value is -2.10. The Balaban J connectivity index is 3.38. The quantitative estimate of drug-likeness (QED) is 0.203. The molecule has 0 heterocycles. The second-order valence-corrected chi connectivity index (χ2v) is 4.25. The highest BCUT2D eigenvalue weighted by molar-refractivity contribution is 5.88. The standard InChI is InChI=1S/C12H20N4O5/c13-10-8(1-4-17)7-9(14-2-5-18)12(16(20)21)11(10)15-3-6-19/h7,14-15,17-19H,1-6,13H2. The monoisotopic (exact) mass is 300 g/mol. The van der Waals surface area contributed by atoms with Crippen LogP contribution in [0.5, 0.6) is 0 Å². The molecule has 1 aromatic rings. The van der Waals surface area contributed by atoms with Crippen molar-refractivity contribution < 1.29 is 20.2 Å². The molecule has 0 atom stereocenters. The van der Waals surface area contributed by atoms with Crippen molar-refractivity contribution in [1.29, 1.82) is 0 Å². The van der Waals surface area contributed by atoms with Gasteiger partial charge in [0.1, 0.15) is 11.4 Å². The van der Waals surface area contributed by atoms with Gasteiger partial charge in [-0.15, -0.1) is 0 Å². The molecule has 0 radical (unpaired) electrons. The molecule has 0 aliphatic heterocycles. The summed E-state index contributed by atoms with van der Waals surface area (Å²) in [5.74, 6) is 0. The molecular weight excluding hydrogens is 280 g/mol. The third-order valence-corrected chi connectivity index (χ3v) is 2.83. The third-order valence-electron chi connectivity index (χ3n) is 2.83. The number of nitrogens with zero attached hydrogens (tertiary/aromatic N) is 1. The van der Waals surface area contributed by atoms with Crippen LogP contribution in [0.25, 0.3) is 0 Å². The lowest BCUT2D eigenvalue weighted by Gasteiger charge is -2.16. The van der Waals surface area contributed by atoms with E-state index in [1.54, 1.807) is 0 Å². The Labute approximate surface area is 121 Å². The Morgan fingerprint density at radius 1 is 1.14 bits per heavy atom. The van der Waals surface area contributed by atoms with Gasteiger partial charge in [-0.3, -0.25) is 10.1 Å². The van der Waals surface area contributed by atoms with Crippen LogP contribution < -0.4 is 16.4 Å². The van der Waals surface area contributed by atoms with Gasteiger partial charge in [0.05, 0.1) is 23.8 Å². The number of nitro groups is 1. The number of hydrogen-bond donors (Lipinski definition) is 6. The highest BCUT2D eigenvalue weighted by atomic mass is 16.6. The summed E-state index contributed by atoms with van der Waals surface area (Å²) in [4.78, 5) is 10.7. The van der Waals surface area contributed by atoms with E-state index in [1.807, 2.05) is 0 Å². The maximum Gasteiger partial charge on any atom is 0.317 e. The van der Waals surface area contributed by atoms with Crippen LogP contribution in [0.3, 0.4) is 0 Å². The van der Waals surface area contributed by atoms with E-state index in [0.29, 0.717) is 5.56 Å². The highest BCUT2D eigenvalue weighted by Crippen LogP contribution is 2.40. The fourth-order valence-corrected chi connectivity index (χ4v) is 1.95. The predicted octanol–water partition coefficient (Wildman–Crippen LogP) is -0.480. The molecule has 0 amide bonds. The van der Waals surface area contributed by atoms with E-state index in [2.05, 4.69) is 10.6 Å². The number of rotatable bonds is 9. The summed E-state index contributed by atoms with van der Waals surface area (Å²) in [7, 11) is 0. The molecule has 1 aromatic carbocycles. The summed E-state index contributed by atoms with van der Waals surface area (Å²) in [6.07, 6.45) is 0.242. The number of aliphatic hydroxyl groups excluding tert-OH is 3. The number of hydrogen-bond acceptors (Lipinski definition) is 8. The van der Waals surface area contributed by atoms with Crippen LogP contribution in [0.2, 0.25) is 0 Å². The maximum absolute atomic E-state index is 11.3. The summed E-state index contributed by atoms with van der Waals surface area (Å²) >= 11 is 0. The van der Waals surface area contributed by atoms with Crippen molar-refractivity contribution in [3.63, 3.8) is 0 Å². The van der Waals surface area contributed by atoms with Crippen LogP contribution in [-0.4, -0.2) is 53.2 Å². The van der Waals surface area contributed by atoms with Gasteiger partial charge >= 0.3 is 5.69 Å². The number of aliphatic hydroxyl groups is 3. The van der Waals surface area contributed by atoms with Crippen molar-refractivity contribution in [2.75, 3.05) is 49.3 Å². The first-order valence-electron chi connectivity index (χ1n) is 6.46. The van der Waals surface area contributed by atoms with Crippen molar-refractivity contribution >= 4 is 22.7 Å². The van der Waals surface area contributed by atoms with Crippen LogP contribution in [-0.2, 0) is 6.42 Å². The van der Waals surface area contributed by atoms with Gasteiger partial charge in [0.25, 0.3) is 0 Å². The van der Waals surface area contributed by atoms with Crippen LogP contribution in [0, 0.1) is 10.1 Å². The number of nitrogens with two attached hydrogens (primary N) is 1. The minimum atomic E-state index is -0.585. The molecule has 1 rings (SSSR count). The zero-order valence-electron chi connectivity index (χ0n) is 11.5. The largest absolute Gasteiger partial charge is 0.397 e. The van der Waals surface area contributed by atoms with Gasteiger partial charge in [-0.05, 0) is 18.1 Å². The van der Waals surface area contributed by atoms with E-state index in [9.17, 15) is 10.1 Å². The smallest absolute Gasteiger partial charge is 0.317 e. The van der Waals surface area contributed by atoms with Gasteiger partial charge in [0.2, 0.25) is 0 Å². The molecular formula is C12H20N4O5. The Bertz CT molecular complexity index is 495. The van der Waals surface area contributed by atoms with Gasteiger partial charge < -0.3 is 31.7 Å². The SMILES string of the molecule is Nc1c(CCO)cc(NCCO)c([N+](=O)[O-])c1NCCO. The van der Waals surface area contributed by atoms with E-state index >= 15 is 0 Å². The fourth-order valence-electron chi connectivity index (χ4n) is 1.95. The molecule has 0 unspecified atom stereocenters. The molecule has 7 N–H and O–H groups in total. The molecule has 0 bridgehead atoms. The predicted molar refractivity (Wildman–Crippen MR) is 79.4 cm³/mol. The van der Waals surface area contributed by atoms with Gasteiger partial charge in [-0.2, -0.15) is 0 Å². The maximum atomic E-state index is 11.3. The van der Waals surface area contributed by atoms with E-state index in [-0.39, 0.29) is 62.1 Å². The van der Waals surface area contributed by atoms with Gasteiger partial charge in [0, 0.05) is 19.7 Å². The Morgan fingerprint density at radius 2 is 1.76 bits per heavy atom. The van der Waals surface area contributed by atoms with Crippen molar-refractivity contribution in [2.24, 2.45) is 0 Å². The fraction of sp³-hybridized carbons (Fsp3) is 0.500. The average molecular weight is 300 g/mol. The van der Waals surface area contributed by atoms with Crippen molar-refractivity contribution in [2.45, 2.75) is 6.42 Å². The number of nitrogens with one attached hydrogen (secondary N) is 2. The number of anilines is 3. The van der Waals surface area contributed by atoms with E-state index in [1.165, 1.54) is 6.07 Å². The first-order valence-corrected chi connectivity index (χ1v) is 6.46. The zero-order valence-corrected chi connectivity index (χ0v) is 11.5. The van der Waals surface area contributed by atoms with E-state index in [4.69, 9.17) is 21.1 Å². The molecule has 0 spiro atoms. The number of nitro benzene ring substituents is 1. The second-order valence-electron chi connectivity index (χ2n) is 4.25. The first-order chi connectivity index (χ1) is 10.1. The lowest BCUT2D eigenvalue weighted by Crippen LogP contribution is -2.15. The van der Waals surface area contributed by atoms with Gasteiger partial charge in [-0.1, -0.05) is 0 Å². The van der Waals surface area contributed by atoms with E-state index in [0.717, 1.165) is 0 Å². The average Bonchev–Trinajstić information content (AvgIpc) is 2.45. The van der Waals surface area contributed by atoms with Crippen molar-refractivity contribution in [3.8, 4) is 0 Å². The van der Waals surface area contributed by atoms with Crippen LogP contribution in [0.15, 0.2) is 6.07 Å². The molecule has 0 aromatic heterocycles. The summed E-state index contributed by atoms with van der Waals surface area (Å²) in [6.45, 7) is -0.298. The zero-order chi connectivity index (χ0) is 15.8. The lowest BCUT2D eigenvalue weighted by molar-refractivity contribution is -0.383. The Morgan fingerprint density at radius 3 is 2.29 bits per heavy atom. The second kappa shape index (κ2) is 8.25. The van der Waals surface area contributed by atoms with Gasteiger partial charge in [0.15, 0.2) is 0 Å². The van der Waals surface area contributed by atoms with E-state index < -0.39 is 4.92 Å². The lowest BCUT2D eigenvalue weighted by atomic mass is 10.0. The van der Waals surface area contributed by atoms with Crippen molar-refractivity contribution in [3.05, 3.63) is 21.7 Å². The number of nitrogen functional groups attached to an aromatic ring is 1. The van der Waals surface area contributed by atoms with Gasteiger partial charge in [-0.25, -0.2) is 0 Å². The molecule has 9 heteroatoms. The minimum absolute atomic E-state index is 0.0976. The first kappa shape index (κ1) is 17.0. The molecule has 0 aliphatic rings. The molecule has 118 valence electrons. The van der Waals surface area contributed by atoms with Crippen LogP contribution in [0.4, 0.5) is 22.7 Å². The summed E-state index contributed by atoms with van der Waals surface area (Å²) in [5, 5.41) is 43.5. The third kappa shape index (κ3) is 4.18. The normalized spacial score (nSPS) is 10.4. The summed E-state index contributed by atoms with van der Waals surface area (Å²) in [5.41, 5.74) is 6.67. The Kier molecular flexibility index (Phi) is 6.66. The highest BCUT2D eigenvalue weighted by Gasteiger charge is 2.24. The molecule has 0 saturated carbocycles. The minimum Gasteiger partial charge on any atom is -0.397 e.